The summed E-state index contributed by atoms with van der Waals surface area (Å²) in [5, 5.41) is 6.84. The summed E-state index contributed by atoms with van der Waals surface area (Å²) in [5.74, 6) is 4.91. The molecule has 1 rings (SSSR count). The average molecular weight is 161 g/mol. The predicted molar refractivity (Wildman–Crippen MR) is 49.3 cm³/mol. The van der Waals surface area contributed by atoms with E-state index in [-0.39, 0.29) is 0 Å². The zero-order valence-electron chi connectivity index (χ0n) is 6.99. The first-order valence-corrected chi connectivity index (χ1v) is 3.61. The molecular formula is C9H11N3. The number of hydrogen-bond acceptors (Lipinski definition) is 2. The van der Waals surface area contributed by atoms with Crippen molar-refractivity contribution < 1.29 is 0 Å². The quantitative estimate of drug-likeness (QED) is 0.404. The van der Waals surface area contributed by atoms with Crippen molar-refractivity contribution in [3.8, 4) is 0 Å². The lowest BCUT2D eigenvalue weighted by molar-refractivity contribution is 1.07. The number of hydrogen-bond donors (Lipinski definition) is 1. The second-order valence-corrected chi connectivity index (χ2v) is 2.48. The van der Waals surface area contributed by atoms with E-state index in [9.17, 15) is 0 Å². The maximum Gasteiger partial charge on any atom is 0.0877 e. The van der Waals surface area contributed by atoms with Gasteiger partial charge in [0.2, 0.25) is 0 Å². The van der Waals surface area contributed by atoms with E-state index in [1.54, 1.807) is 0 Å². The number of rotatable bonds is 2. The lowest BCUT2D eigenvalue weighted by Crippen LogP contribution is -1.85. The predicted octanol–water partition coefficient (Wildman–Crippen LogP) is 2.29. The lowest BCUT2D eigenvalue weighted by atomic mass is 10.1. The van der Waals surface area contributed by atoms with Gasteiger partial charge in [0.1, 0.15) is 0 Å². The molecule has 0 aliphatic carbocycles. The zero-order valence-corrected chi connectivity index (χ0v) is 6.99. The second kappa shape index (κ2) is 3.67. The lowest BCUT2D eigenvalue weighted by Gasteiger charge is -2.01. The molecule has 3 heteroatoms. The minimum absolute atomic E-state index is 0.593. The Morgan fingerprint density at radius 2 is 2.08 bits per heavy atom. The summed E-state index contributed by atoms with van der Waals surface area (Å²) in [4.78, 5) is 0. The Morgan fingerprint density at radius 3 is 2.67 bits per heavy atom. The molecule has 1 aromatic rings. The van der Waals surface area contributed by atoms with E-state index in [2.05, 4.69) is 16.9 Å². The van der Waals surface area contributed by atoms with Crippen LogP contribution in [0.15, 0.2) is 41.2 Å². The molecule has 0 saturated carbocycles. The summed E-state index contributed by atoms with van der Waals surface area (Å²) in [6, 6.07) is 7.82. The van der Waals surface area contributed by atoms with Gasteiger partial charge in [-0.05, 0) is 12.5 Å². The van der Waals surface area contributed by atoms with Gasteiger partial charge in [-0.15, -0.1) is 5.11 Å². The maximum atomic E-state index is 4.91. The molecule has 0 radical (unpaired) electrons. The van der Waals surface area contributed by atoms with Gasteiger partial charge in [-0.1, -0.05) is 36.1 Å². The van der Waals surface area contributed by atoms with E-state index < -0.39 is 0 Å². The molecule has 0 bridgehead atoms. The first kappa shape index (κ1) is 8.46. The molecule has 0 atom stereocenters. The van der Waals surface area contributed by atoms with Crippen LogP contribution in [0.25, 0.3) is 5.70 Å². The Bertz CT molecular complexity index is 315. The highest BCUT2D eigenvalue weighted by atomic mass is 15.3. The van der Waals surface area contributed by atoms with Crippen LogP contribution in [0.5, 0.6) is 0 Å². The number of aryl methyl sites for hydroxylation is 1. The molecule has 0 amide bonds. The van der Waals surface area contributed by atoms with Gasteiger partial charge >= 0.3 is 0 Å². The fourth-order valence-corrected chi connectivity index (χ4v) is 1.02. The largest absolute Gasteiger partial charge is 0.305 e. The van der Waals surface area contributed by atoms with Gasteiger partial charge < -0.3 is 5.84 Å². The molecule has 12 heavy (non-hydrogen) atoms. The summed E-state index contributed by atoms with van der Waals surface area (Å²) < 4.78 is 0. The molecule has 0 aromatic heterocycles. The minimum Gasteiger partial charge on any atom is -0.305 e. The summed E-state index contributed by atoms with van der Waals surface area (Å²) >= 11 is 0. The van der Waals surface area contributed by atoms with Crippen molar-refractivity contribution in [3.63, 3.8) is 0 Å². The van der Waals surface area contributed by atoms with Gasteiger partial charge in [0.15, 0.2) is 0 Å². The summed E-state index contributed by atoms with van der Waals surface area (Å²) in [6.07, 6.45) is 0. The normalized spacial score (nSPS) is 10.4. The van der Waals surface area contributed by atoms with Crippen molar-refractivity contribution in [2.75, 3.05) is 0 Å². The van der Waals surface area contributed by atoms with Gasteiger partial charge in [-0.3, -0.25) is 0 Å². The third-order valence-electron chi connectivity index (χ3n) is 1.63. The summed E-state index contributed by atoms with van der Waals surface area (Å²) in [6.45, 7) is 5.73. The second-order valence-electron chi connectivity index (χ2n) is 2.48. The van der Waals surface area contributed by atoms with Crippen LogP contribution in [0.3, 0.4) is 0 Å². The molecule has 2 N–H and O–H groups in total. The highest BCUT2D eigenvalue weighted by molar-refractivity contribution is 5.64. The van der Waals surface area contributed by atoms with Gasteiger partial charge in [0, 0.05) is 5.56 Å². The van der Waals surface area contributed by atoms with E-state index >= 15 is 0 Å². The zero-order chi connectivity index (χ0) is 8.97. The third kappa shape index (κ3) is 1.69. The average Bonchev–Trinajstić information content (AvgIpc) is 2.05. The van der Waals surface area contributed by atoms with Crippen molar-refractivity contribution in [1.29, 1.82) is 0 Å². The highest BCUT2D eigenvalue weighted by Crippen LogP contribution is 2.17. The highest BCUT2D eigenvalue weighted by Gasteiger charge is 1.99. The maximum absolute atomic E-state index is 4.91. The Hall–Kier alpha value is -1.64. The SMILES string of the molecule is C=C(N=NN)c1ccccc1C. The molecule has 0 aliphatic rings. The molecule has 1 aromatic carbocycles. The Kier molecular flexibility index (Phi) is 2.58. The van der Waals surface area contributed by atoms with E-state index in [0.717, 1.165) is 11.1 Å². The first-order valence-electron chi connectivity index (χ1n) is 3.61. The summed E-state index contributed by atoms with van der Waals surface area (Å²) in [7, 11) is 0. The first-order chi connectivity index (χ1) is 5.75. The molecule has 0 saturated heterocycles. The Labute approximate surface area is 71.6 Å². The van der Waals surface area contributed by atoms with E-state index in [4.69, 9.17) is 5.84 Å². The van der Waals surface area contributed by atoms with Crippen LogP contribution in [-0.4, -0.2) is 0 Å². The molecule has 0 unspecified atom stereocenters. The van der Waals surface area contributed by atoms with Crippen molar-refractivity contribution in [1.82, 2.24) is 0 Å². The fraction of sp³-hybridized carbons (Fsp3) is 0.111. The van der Waals surface area contributed by atoms with Crippen LogP contribution < -0.4 is 5.84 Å². The van der Waals surface area contributed by atoms with Gasteiger partial charge in [-0.25, -0.2) is 0 Å². The van der Waals surface area contributed by atoms with Crippen molar-refractivity contribution in [3.05, 3.63) is 42.0 Å². The monoisotopic (exact) mass is 161 g/mol. The van der Waals surface area contributed by atoms with Crippen LogP contribution in [0.4, 0.5) is 0 Å². The van der Waals surface area contributed by atoms with E-state index in [0.29, 0.717) is 5.70 Å². The fourth-order valence-electron chi connectivity index (χ4n) is 1.02. The van der Waals surface area contributed by atoms with Crippen molar-refractivity contribution in [2.24, 2.45) is 16.2 Å². The van der Waals surface area contributed by atoms with Gasteiger partial charge in [0.25, 0.3) is 0 Å². The molecule has 3 nitrogen and oxygen atoms in total. The molecule has 0 fully saturated rings. The van der Waals surface area contributed by atoms with Crippen molar-refractivity contribution in [2.45, 2.75) is 6.92 Å². The van der Waals surface area contributed by atoms with Gasteiger partial charge in [0.05, 0.1) is 5.70 Å². The van der Waals surface area contributed by atoms with Crippen LogP contribution in [0.1, 0.15) is 11.1 Å². The van der Waals surface area contributed by atoms with Crippen LogP contribution in [0.2, 0.25) is 0 Å². The van der Waals surface area contributed by atoms with Crippen LogP contribution >= 0.6 is 0 Å². The van der Waals surface area contributed by atoms with E-state index in [1.807, 2.05) is 31.2 Å². The smallest absolute Gasteiger partial charge is 0.0877 e. The number of benzene rings is 1. The van der Waals surface area contributed by atoms with E-state index in [1.165, 1.54) is 0 Å². The van der Waals surface area contributed by atoms with Gasteiger partial charge in [-0.2, -0.15) is 0 Å². The van der Waals surface area contributed by atoms with Crippen LogP contribution in [0, 0.1) is 6.92 Å². The number of nitrogens with two attached hydrogens (primary N) is 1. The standard InChI is InChI=1S/C9H11N3/c1-7-5-3-4-6-9(7)8(2)11-12-10/h3-6H,2H2,1H3,(H2,10,11). The molecular weight excluding hydrogens is 150 g/mol. The molecule has 0 spiro atoms. The van der Waals surface area contributed by atoms with Crippen molar-refractivity contribution >= 4 is 5.70 Å². The molecule has 62 valence electrons. The van der Waals surface area contributed by atoms with Crippen LogP contribution in [-0.2, 0) is 0 Å². The Balaban J connectivity index is 3.03. The third-order valence-corrected chi connectivity index (χ3v) is 1.63. The molecule has 0 heterocycles. The minimum atomic E-state index is 0.593. The Morgan fingerprint density at radius 1 is 1.42 bits per heavy atom. The molecule has 0 aliphatic heterocycles. The number of nitrogens with zero attached hydrogens (tertiary/aromatic N) is 2. The topological polar surface area (TPSA) is 50.7 Å². The summed E-state index contributed by atoms with van der Waals surface area (Å²) in [5.41, 5.74) is 2.69.